The molecular weight excluding hydrogens is 222 g/mol. The number of aromatic nitrogens is 2. The van der Waals surface area contributed by atoms with Gasteiger partial charge in [-0.05, 0) is 25.0 Å². The molecular formula is C15H23N3. The molecule has 0 amide bonds. The van der Waals surface area contributed by atoms with E-state index >= 15 is 0 Å². The number of benzene rings is 1. The molecule has 1 N–H and O–H groups in total. The second kappa shape index (κ2) is 6.01. The van der Waals surface area contributed by atoms with Crippen LogP contribution < -0.4 is 5.32 Å². The fourth-order valence-electron chi connectivity index (χ4n) is 2.39. The minimum Gasteiger partial charge on any atom is -0.330 e. The van der Waals surface area contributed by atoms with Crippen LogP contribution in [-0.2, 0) is 13.6 Å². The lowest BCUT2D eigenvalue weighted by atomic mass is 10.1. The first-order valence-electron chi connectivity index (χ1n) is 6.90. The number of nitrogens with zero attached hydrogens (tertiary/aromatic N) is 2. The van der Waals surface area contributed by atoms with E-state index < -0.39 is 0 Å². The van der Waals surface area contributed by atoms with Crippen LogP contribution in [0.4, 0.5) is 0 Å². The van der Waals surface area contributed by atoms with Crippen molar-refractivity contribution >= 4 is 11.0 Å². The van der Waals surface area contributed by atoms with Gasteiger partial charge in [-0.25, -0.2) is 4.98 Å². The average Bonchev–Trinajstić information content (AvgIpc) is 2.72. The van der Waals surface area contributed by atoms with Crippen LogP contribution in [0.15, 0.2) is 24.3 Å². The number of imidazole rings is 1. The number of hydrogen-bond acceptors (Lipinski definition) is 2. The summed E-state index contributed by atoms with van der Waals surface area (Å²) >= 11 is 0. The van der Waals surface area contributed by atoms with E-state index in [0.717, 1.165) is 17.9 Å². The molecule has 1 atom stereocenters. The Morgan fingerprint density at radius 3 is 2.72 bits per heavy atom. The fourth-order valence-corrected chi connectivity index (χ4v) is 2.39. The van der Waals surface area contributed by atoms with Crippen LogP contribution in [0.2, 0.25) is 0 Å². The second-order valence-electron chi connectivity index (χ2n) is 4.85. The summed E-state index contributed by atoms with van der Waals surface area (Å²) in [5, 5.41) is 3.61. The number of para-hydroxylation sites is 2. The maximum absolute atomic E-state index is 4.68. The molecule has 0 saturated carbocycles. The Labute approximate surface area is 109 Å². The maximum Gasteiger partial charge on any atom is 0.123 e. The Kier molecular flexibility index (Phi) is 4.37. The summed E-state index contributed by atoms with van der Waals surface area (Å²) in [7, 11) is 2.09. The molecule has 0 aliphatic heterocycles. The van der Waals surface area contributed by atoms with Gasteiger partial charge in [0, 0.05) is 13.1 Å². The third-order valence-corrected chi connectivity index (χ3v) is 3.56. The SMILES string of the molecule is CCCC(CC)NCc1nc2ccccc2n1C. The minimum atomic E-state index is 0.606. The van der Waals surface area contributed by atoms with E-state index in [9.17, 15) is 0 Å². The van der Waals surface area contributed by atoms with Crippen LogP contribution in [0.3, 0.4) is 0 Å². The Morgan fingerprint density at radius 2 is 2.06 bits per heavy atom. The Morgan fingerprint density at radius 1 is 1.28 bits per heavy atom. The Hall–Kier alpha value is -1.35. The van der Waals surface area contributed by atoms with Crippen molar-refractivity contribution in [3.8, 4) is 0 Å². The number of aryl methyl sites for hydroxylation is 1. The van der Waals surface area contributed by atoms with E-state index in [0.29, 0.717) is 6.04 Å². The molecule has 0 bridgehead atoms. The summed E-state index contributed by atoms with van der Waals surface area (Å²) in [6.45, 7) is 5.32. The molecule has 3 heteroatoms. The zero-order valence-electron chi connectivity index (χ0n) is 11.6. The molecule has 3 nitrogen and oxygen atoms in total. The molecule has 0 fully saturated rings. The summed E-state index contributed by atoms with van der Waals surface area (Å²) in [6, 6.07) is 8.90. The van der Waals surface area contributed by atoms with E-state index in [4.69, 9.17) is 0 Å². The van der Waals surface area contributed by atoms with Gasteiger partial charge >= 0.3 is 0 Å². The standard InChI is InChI=1S/C15H23N3/c1-4-8-12(5-2)16-11-15-17-13-9-6-7-10-14(13)18(15)3/h6-7,9-10,12,16H,4-5,8,11H2,1-3H3. The minimum absolute atomic E-state index is 0.606. The van der Waals surface area contributed by atoms with Crippen LogP contribution >= 0.6 is 0 Å². The molecule has 18 heavy (non-hydrogen) atoms. The van der Waals surface area contributed by atoms with Gasteiger partial charge < -0.3 is 9.88 Å². The predicted molar refractivity (Wildman–Crippen MR) is 76.5 cm³/mol. The summed E-state index contributed by atoms with van der Waals surface area (Å²) in [5.74, 6) is 1.12. The lowest BCUT2D eigenvalue weighted by molar-refractivity contribution is 0.453. The first kappa shape index (κ1) is 13.1. The van der Waals surface area contributed by atoms with Crippen molar-refractivity contribution in [2.24, 2.45) is 7.05 Å². The van der Waals surface area contributed by atoms with Gasteiger partial charge in [0.1, 0.15) is 5.82 Å². The Bertz CT molecular complexity index is 501. The van der Waals surface area contributed by atoms with Crippen molar-refractivity contribution in [1.82, 2.24) is 14.9 Å². The van der Waals surface area contributed by atoms with Gasteiger partial charge in [0.2, 0.25) is 0 Å². The Balaban J connectivity index is 2.09. The van der Waals surface area contributed by atoms with Crippen LogP contribution in [-0.4, -0.2) is 15.6 Å². The van der Waals surface area contributed by atoms with E-state index in [1.807, 2.05) is 6.07 Å². The van der Waals surface area contributed by atoms with Gasteiger partial charge in [-0.3, -0.25) is 0 Å². The third kappa shape index (κ3) is 2.72. The van der Waals surface area contributed by atoms with Crippen molar-refractivity contribution in [3.63, 3.8) is 0 Å². The maximum atomic E-state index is 4.68. The topological polar surface area (TPSA) is 29.9 Å². The highest BCUT2D eigenvalue weighted by molar-refractivity contribution is 5.75. The number of nitrogens with one attached hydrogen (secondary N) is 1. The van der Waals surface area contributed by atoms with Gasteiger partial charge in [-0.15, -0.1) is 0 Å². The van der Waals surface area contributed by atoms with Crippen molar-refractivity contribution in [2.75, 3.05) is 0 Å². The van der Waals surface area contributed by atoms with E-state index in [-0.39, 0.29) is 0 Å². The smallest absolute Gasteiger partial charge is 0.123 e. The lowest BCUT2D eigenvalue weighted by Gasteiger charge is -2.15. The van der Waals surface area contributed by atoms with Gasteiger partial charge in [0.25, 0.3) is 0 Å². The lowest BCUT2D eigenvalue weighted by Crippen LogP contribution is -2.28. The van der Waals surface area contributed by atoms with Gasteiger partial charge in [-0.1, -0.05) is 32.4 Å². The van der Waals surface area contributed by atoms with Crippen LogP contribution in [0, 0.1) is 0 Å². The molecule has 1 heterocycles. The molecule has 1 aromatic heterocycles. The van der Waals surface area contributed by atoms with Crippen LogP contribution in [0.5, 0.6) is 0 Å². The van der Waals surface area contributed by atoms with E-state index in [1.54, 1.807) is 0 Å². The van der Waals surface area contributed by atoms with Crippen LogP contribution in [0.25, 0.3) is 11.0 Å². The molecule has 0 spiro atoms. The zero-order valence-corrected chi connectivity index (χ0v) is 11.6. The molecule has 0 saturated heterocycles. The predicted octanol–water partition coefficient (Wildman–Crippen LogP) is 3.24. The number of rotatable bonds is 6. The van der Waals surface area contributed by atoms with Gasteiger partial charge in [-0.2, -0.15) is 0 Å². The highest BCUT2D eigenvalue weighted by Gasteiger charge is 2.09. The molecule has 0 aliphatic rings. The summed E-state index contributed by atoms with van der Waals surface area (Å²) in [6.07, 6.45) is 3.65. The molecule has 1 unspecified atom stereocenters. The zero-order chi connectivity index (χ0) is 13.0. The van der Waals surface area contributed by atoms with Crippen molar-refractivity contribution < 1.29 is 0 Å². The summed E-state index contributed by atoms with van der Waals surface area (Å²) < 4.78 is 2.18. The first-order valence-corrected chi connectivity index (χ1v) is 6.90. The van der Waals surface area contributed by atoms with Gasteiger partial charge in [0.05, 0.1) is 17.6 Å². The number of fused-ring (bicyclic) bond motifs is 1. The molecule has 98 valence electrons. The van der Waals surface area contributed by atoms with E-state index in [1.165, 1.54) is 24.8 Å². The van der Waals surface area contributed by atoms with Crippen molar-refractivity contribution in [3.05, 3.63) is 30.1 Å². The normalized spacial score (nSPS) is 13.1. The monoisotopic (exact) mass is 245 g/mol. The average molecular weight is 245 g/mol. The highest BCUT2D eigenvalue weighted by Crippen LogP contribution is 2.14. The van der Waals surface area contributed by atoms with Gasteiger partial charge in [0.15, 0.2) is 0 Å². The van der Waals surface area contributed by atoms with Crippen molar-refractivity contribution in [1.29, 1.82) is 0 Å². The summed E-state index contributed by atoms with van der Waals surface area (Å²) in [4.78, 5) is 4.68. The highest BCUT2D eigenvalue weighted by atomic mass is 15.1. The molecule has 1 aromatic carbocycles. The quantitative estimate of drug-likeness (QED) is 0.846. The van der Waals surface area contributed by atoms with E-state index in [2.05, 4.69) is 54.0 Å². The number of hydrogen-bond donors (Lipinski definition) is 1. The molecule has 0 radical (unpaired) electrons. The summed E-state index contributed by atoms with van der Waals surface area (Å²) in [5.41, 5.74) is 2.29. The molecule has 0 aliphatic carbocycles. The van der Waals surface area contributed by atoms with Crippen LogP contribution in [0.1, 0.15) is 38.9 Å². The fraction of sp³-hybridized carbons (Fsp3) is 0.533. The third-order valence-electron chi connectivity index (χ3n) is 3.56. The first-order chi connectivity index (χ1) is 8.76. The largest absolute Gasteiger partial charge is 0.330 e. The molecule has 2 aromatic rings. The second-order valence-corrected chi connectivity index (χ2v) is 4.85. The molecule has 2 rings (SSSR count). The van der Waals surface area contributed by atoms with Crippen molar-refractivity contribution in [2.45, 2.75) is 45.7 Å².